The van der Waals surface area contributed by atoms with Gasteiger partial charge in [0, 0.05) is 18.6 Å². The Labute approximate surface area is 198 Å². The Kier molecular flexibility index (Phi) is 8.50. The van der Waals surface area contributed by atoms with E-state index in [-0.39, 0.29) is 30.3 Å². The van der Waals surface area contributed by atoms with Crippen LogP contribution in [0.1, 0.15) is 54.1 Å². The highest BCUT2D eigenvalue weighted by atomic mass is 19.1. The van der Waals surface area contributed by atoms with Crippen molar-refractivity contribution >= 4 is 11.9 Å². The van der Waals surface area contributed by atoms with Gasteiger partial charge in [0.15, 0.2) is 17.3 Å². The molecule has 0 aromatic heterocycles. The number of aliphatic hydroxyl groups excluding tert-OH is 1. The van der Waals surface area contributed by atoms with E-state index in [9.17, 15) is 19.1 Å². The van der Waals surface area contributed by atoms with Crippen molar-refractivity contribution in [2.75, 3.05) is 20.3 Å². The maximum absolute atomic E-state index is 14.7. The smallest absolute Gasteiger partial charge is 0.329 e. The number of nitrogens with one attached hydrogen (secondary N) is 1. The summed E-state index contributed by atoms with van der Waals surface area (Å²) in [5.41, 5.74) is 0.610. The number of amides is 1. The number of methoxy groups -OCH3 is 1. The number of benzene rings is 2. The molecule has 0 aliphatic heterocycles. The first-order valence-corrected chi connectivity index (χ1v) is 11.5. The molecule has 0 radical (unpaired) electrons. The zero-order valence-electron chi connectivity index (χ0n) is 19.6. The highest BCUT2D eigenvalue weighted by Gasteiger charge is 2.42. The topological polar surface area (TPSA) is 105 Å². The van der Waals surface area contributed by atoms with E-state index in [0.717, 1.165) is 17.2 Å². The molecule has 0 atom stereocenters. The fourth-order valence-electron chi connectivity index (χ4n) is 4.29. The van der Waals surface area contributed by atoms with Crippen molar-refractivity contribution in [2.24, 2.45) is 5.92 Å². The van der Waals surface area contributed by atoms with Gasteiger partial charge in [0.2, 0.25) is 0 Å². The Morgan fingerprint density at radius 2 is 1.82 bits per heavy atom. The minimum absolute atomic E-state index is 0.0301. The zero-order chi connectivity index (χ0) is 24.7. The average Bonchev–Trinajstić information content (AvgIpc) is 2.81. The molecule has 0 spiro atoms. The SMILES string of the molecule is COc1c(F)cc(C(=O)N[C@]2(C(=O)O)CC[C@H](C)CC2)cc1OCCc1cccc(CCO)c1. The molecule has 2 aromatic rings. The second-order valence-electron chi connectivity index (χ2n) is 8.91. The van der Waals surface area contributed by atoms with E-state index in [1.165, 1.54) is 13.2 Å². The van der Waals surface area contributed by atoms with E-state index in [2.05, 4.69) is 12.2 Å². The third-order valence-corrected chi connectivity index (χ3v) is 6.41. The molecule has 1 aliphatic rings. The van der Waals surface area contributed by atoms with E-state index < -0.39 is 23.2 Å². The number of carbonyl (C=O) groups excluding carboxylic acids is 1. The van der Waals surface area contributed by atoms with Crippen LogP contribution in [0.4, 0.5) is 4.39 Å². The first-order chi connectivity index (χ1) is 16.3. The number of carboxylic acids is 1. The summed E-state index contributed by atoms with van der Waals surface area (Å²) in [6.07, 6.45) is 3.12. The predicted octanol–water partition coefficient (Wildman–Crippen LogP) is 3.75. The van der Waals surface area contributed by atoms with E-state index in [1.807, 2.05) is 24.3 Å². The predicted molar refractivity (Wildman–Crippen MR) is 125 cm³/mol. The molecule has 0 bridgehead atoms. The lowest BCUT2D eigenvalue weighted by molar-refractivity contribution is -0.146. The highest BCUT2D eigenvalue weighted by Crippen LogP contribution is 2.34. The molecule has 3 N–H and O–H groups in total. The van der Waals surface area contributed by atoms with Gasteiger partial charge in [-0.2, -0.15) is 0 Å². The van der Waals surface area contributed by atoms with Gasteiger partial charge in [0.05, 0.1) is 13.7 Å². The van der Waals surface area contributed by atoms with Crippen LogP contribution in [0.5, 0.6) is 11.5 Å². The van der Waals surface area contributed by atoms with Crippen LogP contribution in [0.2, 0.25) is 0 Å². The lowest BCUT2D eigenvalue weighted by atomic mass is 9.77. The molecule has 184 valence electrons. The summed E-state index contributed by atoms with van der Waals surface area (Å²) in [5, 5.41) is 21.5. The first-order valence-electron chi connectivity index (χ1n) is 11.5. The molecule has 1 fully saturated rings. The minimum Gasteiger partial charge on any atom is -0.490 e. The summed E-state index contributed by atoms with van der Waals surface area (Å²) in [6, 6.07) is 10.1. The maximum atomic E-state index is 14.7. The zero-order valence-corrected chi connectivity index (χ0v) is 19.6. The van der Waals surface area contributed by atoms with Crippen molar-refractivity contribution < 1.29 is 33.7 Å². The molecule has 0 heterocycles. The number of ether oxygens (including phenoxy) is 2. The van der Waals surface area contributed by atoms with E-state index in [4.69, 9.17) is 14.6 Å². The monoisotopic (exact) mass is 473 g/mol. The summed E-state index contributed by atoms with van der Waals surface area (Å²) in [4.78, 5) is 24.9. The van der Waals surface area contributed by atoms with Crippen molar-refractivity contribution in [1.82, 2.24) is 5.32 Å². The molecule has 1 saturated carbocycles. The Morgan fingerprint density at radius 3 is 2.44 bits per heavy atom. The average molecular weight is 474 g/mol. The van der Waals surface area contributed by atoms with Crippen molar-refractivity contribution in [2.45, 2.75) is 51.0 Å². The second-order valence-corrected chi connectivity index (χ2v) is 8.91. The lowest BCUT2D eigenvalue weighted by Gasteiger charge is -2.36. The molecule has 8 heteroatoms. The van der Waals surface area contributed by atoms with Gasteiger partial charge in [-0.05, 0) is 61.3 Å². The van der Waals surface area contributed by atoms with E-state index in [1.54, 1.807) is 0 Å². The molecule has 34 heavy (non-hydrogen) atoms. The summed E-state index contributed by atoms with van der Waals surface area (Å²) in [7, 11) is 1.31. The second kappa shape index (κ2) is 11.3. The number of aliphatic carboxylic acids is 1. The van der Waals surface area contributed by atoms with Gasteiger partial charge in [-0.25, -0.2) is 9.18 Å². The number of carboxylic acid groups (broad SMARTS) is 1. The van der Waals surface area contributed by atoms with Crippen LogP contribution in [0.25, 0.3) is 0 Å². The Balaban J connectivity index is 1.74. The van der Waals surface area contributed by atoms with Gasteiger partial charge < -0.3 is 25.0 Å². The van der Waals surface area contributed by atoms with Crippen molar-refractivity contribution in [3.8, 4) is 11.5 Å². The largest absolute Gasteiger partial charge is 0.490 e. The number of rotatable bonds is 10. The molecule has 0 unspecified atom stereocenters. The van der Waals surface area contributed by atoms with Gasteiger partial charge >= 0.3 is 5.97 Å². The molecular formula is C26H32FNO6. The first kappa shape index (κ1) is 25.5. The van der Waals surface area contributed by atoms with Crippen LogP contribution in [0.15, 0.2) is 36.4 Å². The third kappa shape index (κ3) is 6.05. The lowest BCUT2D eigenvalue weighted by Crippen LogP contribution is -2.56. The van der Waals surface area contributed by atoms with Gasteiger partial charge in [-0.15, -0.1) is 0 Å². The van der Waals surface area contributed by atoms with Crippen LogP contribution in [-0.2, 0) is 17.6 Å². The van der Waals surface area contributed by atoms with Crippen LogP contribution < -0.4 is 14.8 Å². The van der Waals surface area contributed by atoms with Crippen LogP contribution >= 0.6 is 0 Å². The molecular weight excluding hydrogens is 441 g/mol. The number of halogens is 1. The summed E-state index contributed by atoms with van der Waals surface area (Å²) < 4.78 is 25.6. The normalized spacial score (nSPS) is 19.9. The minimum atomic E-state index is -1.36. The molecule has 3 rings (SSSR count). The van der Waals surface area contributed by atoms with Gasteiger partial charge in [-0.1, -0.05) is 31.2 Å². The molecule has 7 nitrogen and oxygen atoms in total. The fourth-order valence-corrected chi connectivity index (χ4v) is 4.29. The van der Waals surface area contributed by atoms with Gasteiger partial charge in [0.25, 0.3) is 5.91 Å². The van der Waals surface area contributed by atoms with E-state index >= 15 is 0 Å². The number of hydrogen-bond donors (Lipinski definition) is 3. The van der Waals surface area contributed by atoms with Gasteiger partial charge in [0.1, 0.15) is 5.54 Å². The number of carbonyl (C=O) groups is 2. The van der Waals surface area contributed by atoms with E-state index in [0.29, 0.717) is 44.4 Å². The standard InChI is InChI=1S/C26H32FNO6/c1-17-6-10-26(11-7-17,25(31)32)28-24(30)20-15-21(27)23(33-2)22(16-20)34-13-9-19-5-3-4-18(14-19)8-12-29/h3-5,14-17,29H,6-13H2,1-2H3,(H,28,30)(H,31,32)/t17-,26+. The van der Waals surface area contributed by atoms with Crippen LogP contribution in [-0.4, -0.2) is 48.0 Å². The van der Waals surface area contributed by atoms with Crippen LogP contribution in [0, 0.1) is 11.7 Å². The van der Waals surface area contributed by atoms with Crippen molar-refractivity contribution in [3.63, 3.8) is 0 Å². The summed E-state index contributed by atoms with van der Waals surface area (Å²) >= 11 is 0. The number of hydrogen-bond acceptors (Lipinski definition) is 5. The Morgan fingerprint density at radius 1 is 1.15 bits per heavy atom. The fraction of sp³-hybridized carbons (Fsp3) is 0.462. The molecule has 2 aromatic carbocycles. The number of aliphatic hydroxyl groups is 1. The maximum Gasteiger partial charge on any atom is 0.329 e. The molecule has 1 aliphatic carbocycles. The van der Waals surface area contributed by atoms with Crippen molar-refractivity contribution in [3.05, 3.63) is 58.9 Å². The quantitative estimate of drug-likeness (QED) is 0.485. The highest BCUT2D eigenvalue weighted by molar-refractivity contribution is 5.98. The summed E-state index contributed by atoms with van der Waals surface area (Å²) in [5.74, 6) is -2.17. The molecule has 0 saturated heterocycles. The molecule has 1 amide bonds. The Bertz CT molecular complexity index is 1020. The van der Waals surface area contributed by atoms with Crippen LogP contribution in [0.3, 0.4) is 0 Å². The van der Waals surface area contributed by atoms with Gasteiger partial charge in [-0.3, -0.25) is 4.79 Å². The van der Waals surface area contributed by atoms with Crippen molar-refractivity contribution in [1.29, 1.82) is 0 Å². The Hall–Kier alpha value is -3.13. The third-order valence-electron chi connectivity index (χ3n) is 6.41. The summed E-state index contributed by atoms with van der Waals surface area (Å²) in [6.45, 7) is 2.33.